The van der Waals surface area contributed by atoms with E-state index in [0.717, 1.165) is 0 Å². The molecular formula is C22H28N4O4. The molecule has 3 N–H and O–H groups in total. The summed E-state index contributed by atoms with van der Waals surface area (Å²) in [6.45, 7) is 4.79. The van der Waals surface area contributed by atoms with E-state index in [-0.39, 0.29) is 36.5 Å². The van der Waals surface area contributed by atoms with E-state index >= 15 is 0 Å². The van der Waals surface area contributed by atoms with Gasteiger partial charge in [0.2, 0.25) is 0 Å². The number of benzene rings is 1. The van der Waals surface area contributed by atoms with Crippen molar-refractivity contribution < 1.29 is 19.4 Å². The normalized spacial score (nSPS) is 19.9. The van der Waals surface area contributed by atoms with Crippen LogP contribution in [0.1, 0.15) is 34.6 Å². The maximum atomic E-state index is 13.3. The quantitative estimate of drug-likeness (QED) is 0.668. The van der Waals surface area contributed by atoms with Crippen LogP contribution in [0.5, 0.6) is 5.75 Å². The van der Waals surface area contributed by atoms with Crippen LogP contribution in [0.3, 0.4) is 0 Å². The Kier molecular flexibility index (Phi) is 7.02. The molecule has 8 nitrogen and oxygen atoms in total. The third kappa shape index (κ3) is 4.77. The molecule has 2 aromatic rings. The van der Waals surface area contributed by atoms with Crippen LogP contribution >= 0.6 is 0 Å². The lowest BCUT2D eigenvalue weighted by atomic mass is 9.99. The molecule has 8 heteroatoms. The highest BCUT2D eigenvalue weighted by molar-refractivity contribution is 6.05. The zero-order valence-electron chi connectivity index (χ0n) is 17.5. The first-order valence-corrected chi connectivity index (χ1v) is 10.0. The molecule has 3 atom stereocenters. The van der Waals surface area contributed by atoms with Gasteiger partial charge in [-0.3, -0.25) is 14.6 Å². The van der Waals surface area contributed by atoms with Gasteiger partial charge >= 0.3 is 0 Å². The molecule has 1 aliphatic rings. The minimum Gasteiger partial charge on any atom is -0.488 e. The molecule has 1 aromatic carbocycles. The van der Waals surface area contributed by atoms with Gasteiger partial charge in [0.1, 0.15) is 11.9 Å². The molecule has 0 fully saturated rings. The molecule has 2 amide bonds. The zero-order chi connectivity index (χ0) is 21.7. The molecule has 3 rings (SSSR count). The predicted octanol–water partition coefficient (Wildman–Crippen LogP) is 1.77. The third-order valence-electron chi connectivity index (χ3n) is 5.27. The number of aromatic nitrogens is 1. The number of ether oxygens (including phenoxy) is 1. The van der Waals surface area contributed by atoms with Crippen molar-refractivity contribution in [3.05, 3.63) is 53.9 Å². The van der Waals surface area contributed by atoms with Crippen molar-refractivity contribution in [1.29, 1.82) is 0 Å². The van der Waals surface area contributed by atoms with Gasteiger partial charge in [-0.15, -0.1) is 0 Å². The lowest BCUT2D eigenvalue weighted by molar-refractivity contribution is 0.0415. The topological polar surface area (TPSA) is 104 Å². The monoisotopic (exact) mass is 412 g/mol. The maximum Gasteiger partial charge on any atom is 0.258 e. The van der Waals surface area contributed by atoms with E-state index in [9.17, 15) is 14.7 Å². The third-order valence-corrected chi connectivity index (χ3v) is 5.27. The van der Waals surface area contributed by atoms with Crippen LogP contribution in [0.15, 0.2) is 42.7 Å². The molecule has 0 spiro atoms. The molecule has 0 unspecified atom stereocenters. The number of aliphatic hydroxyl groups is 1. The minimum atomic E-state index is -0.337. The molecule has 2 heterocycles. The fraction of sp³-hybridized carbons (Fsp3) is 0.409. The Morgan fingerprint density at radius 3 is 2.73 bits per heavy atom. The van der Waals surface area contributed by atoms with Gasteiger partial charge in [0, 0.05) is 42.7 Å². The number of hydrogen-bond donors (Lipinski definition) is 3. The highest BCUT2D eigenvalue weighted by Gasteiger charge is 2.32. The summed E-state index contributed by atoms with van der Waals surface area (Å²) in [6.07, 6.45) is 2.95. The van der Waals surface area contributed by atoms with E-state index in [0.29, 0.717) is 35.7 Å². The summed E-state index contributed by atoms with van der Waals surface area (Å²) >= 11 is 0. The predicted molar refractivity (Wildman–Crippen MR) is 114 cm³/mol. The fourth-order valence-corrected chi connectivity index (χ4v) is 3.45. The molecule has 30 heavy (non-hydrogen) atoms. The summed E-state index contributed by atoms with van der Waals surface area (Å²) < 4.78 is 6.17. The average molecular weight is 412 g/mol. The number of amides is 2. The highest BCUT2D eigenvalue weighted by Crippen LogP contribution is 2.30. The Morgan fingerprint density at radius 2 is 2.07 bits per heavy atom. The van der Waals surface area contributed by atoms with Gasteiger partial charge in [-0.2, -0.15) is 0 Å². The first-order chi connectivity index (χ1) is 14.4. The van der Waals surface area contributed by atoms with Crippen molar-refractivity contribution in [2.75, 3.05) is 32.1 Å². The number of carbonyl (C=O) groups excluding carboxylic acids is 2. The van der Waals surface area contributed by atoms with Crippen molar-refractivity contribution in [3.63, 3.8) is 0 Å². The maximum absolute atomic E-state index is 13.3. The summed E-state index contributed by atoms with van der Waals surface area (Å²) in [5.41, 5.74) is 1.32. The second-order valence-corrected chi connectivity index (χ2v) is 7.58. The van der Waals surface area contributed by atoms with Crippen LogP contribution in [0.25, 0.3) is 0 Å². The second kappa shape index (κ2) is 9.69. The van der Waals surface area contributed by atoms with E-state index in [1.54, 1.807) is 47.6 Å². The number of nitrogens with zero attached hydrogens (tertiary/aromatic N) is 2. The number of aliphatic hydroxyl groups excluding tert-OH is 1. The van der Waals surface area contributed by atoms with Crippen molar-refractivity contribution in [2.24, 2.45) is 5.92 Å². The van der Waals surface area contributed by atoms with Crippen molar-refractivity contribution in [2.45, 2.75) is 26.0 Å². The molecular weight excluding hydrogens is 384 g/mol. The lowest BCUT2D eigenvalue weighted by Gasteiger charge is -2.37. The van der Waals surface area contributed by atoms with Gasteiger partial charge in [0.05, 0.1) is 18.2 Å². The Morgan fingerprint density at radius 1 is 1.33 bits per heavy atom. The molecule has 0 radical (unpaired) electrons. The van der Waals surface area contributed by atoms with Crippen LogP contribution in [-0.4, -0.2) is 65.7 Å². The van der Waals surface area contributed by atoms with E-state index in [2.05, 4.69) is 15.6 Å². The van der Waals surface area contributed by atoms with E-state index < -0.39 is 0 Å². The van der Waals surface area contributed by atoms with Gasteiger partial charge in [-0.25, -0.2) is 0 Å². The zero-order valence-corrected chi connectivity index (χ0v) is 17.5. The first kappa shape index (κ1) is 21.7. The van der Waals surface area contributed by atoms with Gasteiger partial charge in [-0.05, 0) is 44.3 Å². The minimum absolute atomic E-state index is 0.0645. The summed E-state index contributed by atoms with van der Waals surface area (Å²) in [4.78, 5) is 31.4. The number of rotatable bonds is 6. The average Bonchev–Trinajstić information content (AvgIpc) is 2.76. The van der Waals surface area contributed by atoms with Gasteiger partial charge in [0.15, 0.2) is 0 Å². The van der Waals surface area contributed by atoms with Crippen LogP contribution in [-0.2, 0) is 0 Å². The number of hydrogen-bond acceptors (Lipinski definition) is 6. The first-order valence-electron chi connectivity index (χ1n) is 10.0. The van der Waals surface area contributed by atoms with Crippen LogP contribution in [0.4, 0.5) is 5.69 Å². The summed E-state index contributed by atoms with van der Waals surface area (Å²) in [7, 11) is 1.85. The Labute approximate surface area is 176 Å². The van der Waals surface area contributed by atoms with Crippen molar-refractivity contribution in [3.8, 4) is 5.75 Å². The fourth-order valence-electron chi connectivity index (χ4n) is 3.45. The summed E-state index contributed by atoms with van der Waals surface area (Å²) in [6, 6.07) is 7.94. The summed E-state index contributed by atoms with van der Waals surface area (Å²) in [5.74, 6) is -0.00128. The Balaban J connectivity index is 1.95. The number of likely N-dealkylation sites (N-methyl/N-ethyl adjacent to an activating group) is 1. The van der Waals surface area contributed by atoms with Gasteiger partial charge in [0.25, 0.3) is 11.8 Å². The molecule has 0 saturated carbocycles. The number of fused-ring (bicyclic) bond motifs is 1. The van der Waals surface area contributed by atoms with Crippen molar-refractivity contribution >= 4 is 17.5 Å². The number of anilines is 1. The second-order valence-electron chi connectivity index (χ2n) is 7.58. The van der Waals surface area contributed by atoms with E-state index in [1.165, 1.54) is 0 Å². The smallest absolute Gasteiger partial charge is 0.258 e. The van der Waals surface area contributed by atoms with E-state index in [4.69, 9.17) is 4.74 Å². The Bertz CT molecular complexity index is 890. The number of carbonyl (C=O) groups is 2. The standard InChI is InChI=1S/C22H28N4O4/c1-14-12-26(15(2)13-27)22(29)18-10-17(4-5-19(18)30-20(14)11-23-3)25-21(28)16-6-8-24-9-7-16/h4-10,14-15,20,23,27H,11-13H2,1-3H3,(H,25,28)/t14-,15-,20+/m1/s1. The van der Waals surface area contributed by atoms with E-state index in [1.807, 2.05) is 20.9 Å². The van der Waals surface area contributed by atoms with Crippen LogP contribution in [0, 0.1) is 5.92 Å². The van der Waals surface area contributed by atoms with Crippen LogP contribution in [0.2, 0.25) is 0 Å². The molecule has 0 aliphatic carbocycles. The molecule has 0 saturated heterocycles. The van der Waals surface area contributed by atoms with Gasteiger partial charge in [-0.1, -0.05) is 6.92 Å². The van der Waals surface area contributed by atoms with Crippen molar-refractivity contribution in [1.82, 2.24) is 15.2 Å². The number of pyridine rings is 1. The summed E-state index contributed by atoms with van der Waals surface area (Å²) in [5, 5.41) is 15.6. The lowest BCUT2D eigenvalue weighted by Crippen LogP contribution is -2.49. The largest absolute Gasteiger partial charge is 0.488 e. The molecule has 1 aromatic heterocycles. The van der Waals surface area contributed by atoms with Gasteiger partial charge < -0.3 is 25.4 Å². The number of nitrogens with one attached hydrogen (secondary N) is 2. The molecule has 1 aliphatic heterocycles. The Hall–Kier alpha value is -2.97. The van der Waals surface area contributed by atoms with Crippen LogP contribution < -0.4 is 15.4 Å². The SMILES string of the molecule is CNC[C@@H]1Oc2ccc(NC(=O)c3ccncc3)cc2C(=O)N([C@H](C)CO)C[C@H]1C. The molecule has 0 bridgehead atoms. The molecule has 160 valence electrons. The highest BCUT2D eigenvalue weighted by atomic mass is 16.5.